The van der Waals surface area contributed by atoms with Gasteiger partial charge in [-0.3, -0.25) is 4.79 Å². The van der Waals surface area contributed by atoms with Gasteiger partial charge in [-0.15, -0.1) is 23.7 Å². The van der Waals surface area contributed by atoms with Crippen molar-refractivity contribution in [2.24, 2.45) is 0 Å². The summed E-state index contributed by atoms with van der Waals surface area (Å²) >= 11 is 1.44. The fourth-order valence-electron chi connectivity index (χ4n) is 1.89. The van der Waals surface area contributed by atoms with Crippen LogP contribution in [0.5, 0.6) is 5.75 Å². The molecule has 2 rings (SSSR count). The van der Waals surface area contributed by atoms with Gasteiger partial charge in [0.2, 0.25) is 0 Å². The number of methoxy groups -OCH3 is 1. The zero-order chi connectivity index (χ0) is 14.5. The molecule has 21 heavy (non-hydrogen) atoms. The van der Waals surface area contributed by atoms with Crippen LogP contribution in [0, 0.1) is 6.92 Å². The molecule has 1 aromatic heterocycles. The molecule has 2 aromatic rings. The number of carbonyl (C=O) groups is 1. The van der Waals surface area contributed by atoms with Gasteiger partial charge in [0, 0.05) is 17.1 Å². The van der Waals surface area contributed by atoms with Crippen molar-refractivity contribution in [3.05, 3.63) is 45.6 Å². The van der Waals surface area contributed by atoms with Gasteiger partial charge in [0.05, 0.1) is 7.11 Å². The molecule has 0 bridgehead atoms. The number of amides is 1. The van der Waals surface area contributed by atoms with E-state index in [0.29, 0.717) is 17.2 Å². The molecule has 3 N–H and O–H groups in total. The van der Waals surface area contributed by atoms with E-state index < -0.39 is 0 Å². The first-order valence-electron chi connectivity index (χ1n) is 6.37. The topological polar surface area (TPSA) is 64.3 Å². The quantitative estimate of drug-likeness (QED) is 0.830. The molecule has 0 saturated carbocycles. The fourth-order valence-corrected chi connectivity index (χ4v) is 2.78. The van der Waals surface area contributed by atoms with Gasteiger partial charge in [0.1, 0.15) is 10.6 Å². The molecule has 0 saturated heterocycles. The summed E-state index contributed by atoms with van der Waals surface area (Å²) in [5, 5.41) is 2.91. The van der Waals surface area contributed by atoms with Crippen molar-refractivity contribution >= 4 is 35.3 Å². The number of thiophene rings is 1. The van der Waals surface area contributed by atoms with Crippen molar-refractivity contribution in [3.8, 4) is 5.75 Å². The minimum Gasteiger partial charge on any atom is -0.495 e. The maximum Gasteiger partial charge on any atom is 0.265 e. The Labute approximate surface area is 134 Å². The lowest BCUT2D eigenvalue weighted by Gasteiger charge is -2.06. The molecule has 1 amide bonds. The first-order valence-corrected chi connectivity index (χ1v) is 7.19. The van der Waals surface area contributed by atoms with Crippen molar-refractivity contribution in [3.63, 3.8) is 0 Å². The molecule has 4 nitrogen and oxygen atoms in total. The number of hydrogen-bond acceptors (Lipinski definition) is 4. The largest absolute Gasteiger partial charge is 0.495 e. The van der Waals surface area contributed by atoms with Crippen LogP contribution in [-0.4, -0.2) is 19.6 Å². The molecule has 0 aliphatic carbocycles. The van der Waals surface area contributed by atoms with E-state index in [-0.39, 0.29) is 18.3 Å². The Balaban J connectivity index is 0.00000220. The summed E-state index contributed by atoms with van der Waals surface area (Å²) in [6, 6.07) is 9.54. The van der Waals surface area contributed by atoms with Crippen LogP contribution in [0.1, 0.15) is 20.1 Å². The van der Waals surface area contributed by atoms with Crippen LogP contribution >= 0.6 is 23.7 Å². The number of nitrogens with two attached hydrogens (primary N) is 1. The summed E-state index contributed by atoms with van der Waals surface area (Å²) in [6.07, 6.45) is 0.776. The average Bonchev–Trinajstić information content (AvgIpc) is 2.82. The molecule has 0 radical (unpaired) electrons. The molecule has 0 unspecified atom stereocenters. The number of hydrogen-bond donors (Lipinski definition) is 2. The Kier molecular flexibility index (Phi) is 6.52. The first-order chi connectivity index (χ1) is 9.60. The second-order valence-electron chi connectivity index (χ2n) is 4.50. The monoisotopic (exact) mass is 326 g/mol. The van der Waals surface area contributed by atoms with Crippen LogP contribution in [0.15, 0.2) is 30.3 Å². The smallest absolute Gasteiger partial charge is 0.265 e. The molecule has 0 aliphatic rings. The number of carbonyl (C=O) groups excluding carboxylic acids is 1. The van der Waals surface area contributed by atoms with Gasteiger partial charge in [-0.05, 0) is 37.1 Å². The summed E-state index contributed by atoms with van der Waals surface area (Å²) in [7, 11) is 1.58. The van der Waals surface area contributed by atoms with E-state index in [1.807, 2.05) is 37.3 Å². The van der Waals surface area contributed by atoms with Gasteiger partial charge in [-0.1, -0.05) is 12.1 Å². The van der Waals surface area contributed by atoms with Crippen molar-refractivity contribution in [2.45, 2.75) is 13.3 Å². The van der Waals surface area contributed by atoms with Gasteiger partial charge in [0.15, 0.2) is 0 Å². The van der Waals surface area contributed by atoms with E-state index in [9.17, 15) is 4.79 Å². The molecule has 0 aliphatic heterocycles. The van der Waals surface area contributed by atoms with Gasteiger partial charge in [0.25, 0.3) is 5.91 Å². The molecule has 1 heterocycles. The van der Waals surface area contributed by atoms with Crippen LogP contribution in [0.4, 0.5) is 5.69 Å². The number of nitrogen functional groups attached to an aromatic ring is 1. The van der Waals surface area contributed by atoms with Gasteiger partial charge in [-0.2, -0.15) is 0 Å². The number of aryl methyl sites for hydroxylation is 1. The zero-order valence-electron chi connectivity index (χ0n) is 12.0. The second-order valence-corrected chi connectivity index (χ2v) is 5.76. The molecular formula is C15H19ClN2O2S. The van der Waals surface area contributed by atoms with Crippen LogP contribution < -0.4 is 15.8 Å². The highest BCUT2D eigenvalue weighted by molar-refractivity contribution is 7.14. The van der Waals surface area contributed by atoms with E-state index in [0.717, 1.165) is 22.5 Å². The third-order valence-corrected chi connectivity index (χ3v) is 3.96. The highest BCUT2D eigenvalue weighted by Crippen LogP contribution is 2.28. The second kappa shape index (κ2) is 7.90. The maximum atomic E-state index is 12.1. The predicted molar refractivity (Wildman–Crippen MR) is 89.7 cm³/mol. The number of benzene rings is 1. The minimum atomic E-state index is -0.0876. The summed E-state index contributed by atoms with van der Waals surface area (Å²) in [6.45, 7) is 2.54. The van der Waals surface area contributed by atoms with Crippen molar-refractivity contribution in [1.82, 2.24) is 5.32 Å². The zero-order valence-corrected chi connectivity index (χ0v) is 13.6. The fraction of sp³-hybridized carbons (Fsp3) is 0.267. The molecule has 0 atom stereocenters. The number of rotatable bonds is 5. The maximum absolute atomic E-state index is 12.1. The molecule has 1 aromatic carbocycles. The molecule has 6 heteroatoms. The number of anilines is 1. The van der Waals surface area contributed by atoms with Crippen LogP contribution in [0.25, 0.3) is 0 Å². The van der Waals surface area contributed by atoms with Crippen molar-refractivity contribution < 1.29 is 9.53 Å². The molecule has 114 valence electrons. The number of nitrogens with one attached hydrogen (secondary N) is 1. The van der Waals surface area contributed by atoms with Gasteiger partial charge >= 0.3 is 0 Å². The van der Waals surface area contributed by atoms with E-state index in [1.54, 1.807) is 7.11 Å². The Hall–Kier alpha value is -1.72. The SMILES string of the molecule is COc1cc(C)sc1C(=O)NCCc1ccc(N)cc1.Cl. The molecule has 0 spiro atoms. The Morgan fingerprint density at radius 2 is 2.00 bits per heavy atom. The minimum absolute atomic E-state index is 0. The van der Waals surface area contributed by atoms with E-state index in [4.69, 9.17) is 10.5 Å². The van der Waals surface area contributed by atoms with E-state index in [1.165, 1.54) is 11.3 Å². The highest BCUT2D eigenvalue weighted by atomic mass is 35.5. The first kappa shape index (κ1) is 17.3. The van der Waals surface area contributed by atoms with E-state index in [2.05, 4.69) is 5.32 Å². The lowest BCUT2D eigenvalue weighted by atomic mass is 10.1. The van der Waals surface area contributed by atoms with Crippen molar-refractivity contribution in [1.29, 1.82) is 0 Å². The average molecular weight is 327 g/mol. The standard InChI is InChI=1S/C15H18N2O2S.ClH/c1-10-9-13(19-2)14(20-10)15(18)17-8-7-11-3-5-12(16)6-4-11;/h3-6,9H,7-8,16H2,1-2H3,(H,17,18);1H. The normalized spacial score (nSPS) is 9.81. The third kappa shape index (κ3) is 4.65. The predicted octanol–water partition coefficient (Wildman–Crippen LogP) is 3.04. The summed E-state index contributed by atoms with van der Waals surface area (Å²) in [5.74, 6) is 0.549. The molecular weight excluding hydrogens is 308 g/mol. The summed E-state index contributed by atoms with van der Waals surface area (Å²) < 4.78 is 5.20. The lowest BCUT2D eigenvalue weighted by Crippen LogP contribution is -2.25. The molecule has 0 fully saturated rings. The highest BCUT2D eigenvalue weighted by Gasteiger charge is 2.15. The number of ether oxygens (including phenoxy) is 1. The summed E-state index contributed by atoms with van der Waals surface area (Å²) in [5.41, 5.74) is 7.53. The van der Waals surface area contributed by atoms with Crippen molar-refractivity contribution in [2.75, 3.05) is 19.4 Å². The Morgan fingerprint density at radius 1 is 1.33 bits per heavy atom. The van der Waals surface area contributed by atoms with Gasteiger partial charge < -0.3 is 15.8 Å². The lowest BCUT2D eigenvalue weighted by molar-refractivity contribution is 0.0955. The van der Waals surface area contributed by atoms with Crippen LogP contribution in [0.2, 0.25) is 0 Å². The van der Waals surface area contributed by atoms with Crippen LogP contribution in [0.3, 0.4) is 0 Å². The van der Waals surface area contributed by atoms with Crippen LogP contribution in [-0.2, 0) is 6.42 Å². The number of halogens is 1. The summed E-state index contributed by atoms with van der Waals surface area (Å²) in [4.78, 5) is 13.8. The van der Waals surface area contributed by atoms with Gasteiger partial charge in [-0.25, -0.2) is 0 Å². The Bertz CT molecular complexity index is 596. The third-order valence-electron chi connectivity index (χ3n) is 2.93. The van der Waals surface area contributed by atoms with E-state index >= 15 is 0 Å². The Morgan fingerprint density at radius 3 is 2.62 bits per heavy atom.